The van der Waals surface area contributed by atoms with Crippen LogP contribution in [0.25, 0.3) is 4.96 Å². The van der Waals surface area contributed by atoms with Gasteiger partial charge in [0.15, 0.2) is 4.90 Å². The lowest BCUT2D eigenvalue weighted by atomic mass is 10.2. The Morgan fingerprint density at radius 3 is 2.77 bits per heavy atom. The highest BCUT2D eigenvalue weighted by Crippen LogP contribution is 2.39. The van der Waals surface area contributed by atoms with Gasteiger partial charge >= 0.3 is 0 Å². The number of fused-ring (bicyclic) bond motifs is 1. The van der Waals surface area contributed by atoms with Crippen molar-refractivity contribution in [2.24, 2.45) is 0 Å². The molecule has 4 rings (SSSR count). The summed E-state index contributed by atoms with van der Waals surface area (Å²) in [6.07, 6.45) is 1.62. The number of nitrogens with zero attached hydrogens (tertiary/aromatic N) is 5. The first-order valence-corrected chi connectivity index (χ1v) is 11.7. The van der Waals surface area contributed by atoms with Gasteiger partial charge in [0.2, 0.25) is 4.96 Å². The van der Waals surface area contributed by atoms with E-state index in [1.54, 1.807) is 6.92 Å². The molecule has 0 spiro atoms. The SMILES string of the molecule is CCc1c(C)nc2sc(C3CCCN3S(=O)(=O)c3ccccc3[N+](=O)[O-])nn2c1=O. The number of sulfonamides is 1. The summed E-state index contributed by atoms with van der Waals surface area (Å²) in [4.78, 5) is 27.8. The smallest absolute Gasteiger partial charge is 0.267 e. The van der Waals surface area contributed by atoms with Crippen LogP contribution in [-0.2, 0) is 16.4 Å². The van der Waals surface area contributed by atoms with Gasteiger partial charge in [0.1, 0.15) is 5.01 Å². The molecule has 1 aliphatic rings. The lowest BCUT2D eigenvalue weighted by Crippen LogP contribution is -2.31. The van der Waals surface area contributed by atoms with Crippen LogP contribution in [0.1, 0.15) is 42.1 Å². The van der Waals surface area contributed by atoms with Gasteiger partial charge in [-0.1, -0.05) is 30.4 Å². The molecular formula is C18H19N5O5S2. The molecule has 0 aliphatic carbocycles. The molecule has 1 aromatic carbocycles. The van der Waals surface area contributed by atoms with Crippen molar-refractivity contribution in [1.82, 2.24) is 18.9 Å². The van der Waals surface area contributed by atoms with Gasteiger partial charge in [-0.05, 0) is 32.3 Å². The second kappa shape index (κ2) is 7.52. The minimum atomic E-state index is -4.13. The van der Waals surface area contributed by atoms with Crippen LogP contribution < -0.4 is 5.56 Å². The van der Waals surface area contributed by atoms with Gasteiger partial charge in [-0.2, -0.15) is 13.9 Å². The number of nitro benzene ring substituents is 1. The maximum absolute atomic E-state index is 13.3. The molecule has 158 valence electrons. The van der Waals surface area contributed by atoms with Crippen LogP contribution in [0.4, 0.5) is 5.69 Å². The second-order valence-electron chi connectivity index (χ2n) is 6.97. The summed E-state index contributed by atoms with van der Waals surface area (Å²) in [6, 6.07) is 4.70. The lowest BCUT2D eigenvalue weighted by molar-refractivity contribution is -0.387. The molecule has 1 atom stereocenters. The molecule has 30 heavy (non-hydrogen) atoms. The second-order valence-corrected chi connectivity index (χ2v) is 9.81. The number of para-hydroxylation sites is 1. The molecule has 1 aliphatic heterocycles. The summed E-state index contributed by atoms with van der Waals surface area (Å²) < 4.78 is 29.1. The standard InChI is InChI=1S/C18H19N5O5S2/c1-3-12-11(2)19-18-22(17(12)24)20-16(29-18)14-8-6-10-21(14)30(27,28)15-9-5-4-7-13(15)23(25)26/h4-5,7,9,14H,3,6,8,10H2,1-2H3. The number of benzene rings is 1. The molecule has 0 saturated carbocycles. The summed E-state index contributed by atoms with van der Waals surface area (Å²) >= 11 is 1.17. The van der Waals surface area contributed by atoms with E-state index in [2.05, 4.69) is 10.1 Å². The van der Waals surface area contributed by atoms with Crippen molar-refractivity contribution in [1.29, 1.82) is 0 Å². The van der Waals surface area contributed by atoms with Gasteiger partial charge in [0.25, 0.3) is 21.3 Å². The Bertz CT molecular complexity index is 1310. The highest BCUT2D eigenvalue weighted by molar-refractivity contribution is 7.89. The average Bonchev–Trinajstić information content (AvgIpc) is 3.35. The molecule has 1 unspecified atom stereocenters. The molecule has 0 amide bonds. The number of nitro groups is 1. The first-order valence-electron chi connectivity index (χ1n) is 9.40. The third-order valence-electron chi connectivity index (χ3n) is 5.22. The van der Waals surface area contributed by atoms with Crippen LogP contribution in [0.5, 0.6) is 0 Å². The van der Waals surface area contributed by atoms with Gasteiger partial charge in [-0.25, -0.2) is 13.4 Å². The van der Waals surface area contributed by atoms with Gasteiger partial charge in [0.05, 0.1) is 11.0 Å². The van der Waals surface area contributed by atoms with Crippen molar-refractivity contribution in [2.75, 3.05) is 6.54 Å². The maximum Gasteiger partial charge on any atom is 0.289 e. The topological polar surface area (TPSA) is 128 Å². The van der Waals surface area contributed by atoms with Crippen LogP contribution in [0.3, 0.4) is 0 Å². The van der Waals surface area contributed by atoms with E-state index in [1.165, 1.54) is 44.4 Å². The van der Waals surface area contributed by atoms with E-state index >= 15 is 0 Å². The number of aromatic nitrogens is 3. The van der Waals surface area contributed by atoms with Gasteiger partial charge in [0, 0.05) is 23.9 Å². The molecular weight excluding hydrogens is 430 g/mol. The van der Waals surface area contributed by atoms with Crippen molar-refractivity contribution in [3.8, 4) is 0 Å². The average molecular weight is 450 g/mol. The number of rotatable bonds is 5. The molecule has 3 aromatic rings. The van der Waals surface area contributed by atoms with E-state index in [-0.39, 0.29) is 17.0 Å². The molecule has 10 nitrogen and oxygen atoms in total. The van der Waals surface area contributed by atoms with E-state index in [0.717, 1.165) is 0 Å². The molecule has 0 N–H and O–H groups in total. The minimum absolute atomic E-state index is 0.219. The lowest BCUT2D eigenvalue weighted by Gasteiger charge is -2.22. The van der Waals surface area contributed by atoms with Crippen LogP contribution in [0.2, 0.25) is 0 Å². The van der Waals surface area contributed by atoms with Crippen LogP contribution in [0, 0.1) is 17.0 Å². The summed E-state index contributed by atoms with van der Waals surface area (Å²) in [5.41, 5.74) is 0.482. The van der Waals surface area contributed by atoms with Crippen molar-refractivity contribution in [3.63, 3.8) is 0 Å². The zero-order chi connectivity index (χ0) is 21.6. The third-order valence-corrected chi connectivity index (χ3v) is 8.18. The largest absolute Gasteiger partial charge is 0.289 e. The summed E-state index contributed by atoms with van der Waals surface area (Å²) in [5, 5.41) is 16.2. The number of hydrogen-bond donors (Lipinski definition) is 0. The summed E-state index contributed by atoms with van der Waals surface area (Å²) in [7, 11) is -4.13. The number of aryl methyl sites for hydroxylation is 1. The quantitative estimate of drug-likeness (QED) is 0.432. The fraction of sp³-hybridized carbons (Fsp3) is 0.389. The Hall–Kier alpha value is -2.70. The predicted octanol–water partition coefficient (Wildman–Crippen LogP) is 2.46. The fourth-order valence-corrected chi connectivity index (χ4v) is 6.73. The zero-order valence-corrected chi connectivity index (χ0v) is 17.9. The Labute approximate surface area is 176 Å². The van der Waals surface area contributed by atoms with Crippen LogP contribution in [-0.4, -0.2) is 38.8 Å². The molecule has 1 saturated heterocycles. The Morgan fingerprint density at radius 2 is 2.07 bits per heavy atom. The van der Waals surface area contributed by atoms with Crippen LogP contribution in [0.15, 0.2) is 34.0 Å². The molecule has 3 heterocycles. The number of hydrogen-bond acceptors (Lipinski definition) is 8. The van der Waals surface area contributed by atoms with E-state index in [1.807, 2.05) is 6.92 Å². The van der Waals surface area contributed by atoms with E-state index in [0.29, 0.717) is 40.5 Å². The maximum atomic E-state index is 13.3. The molecule has 2 aromatic heterocycles. The van der Waals surface area contributed by atoms with Crippen LogP contribution >= 0.6 is 11.3 Å². The fourth-order valence-electron chi connectivity index (χ4n) is 3.76. The highest BCUT2D eigenvalue weighted by Gasteiger charge is 2.41. The van der Waals surface area contributed by atoms with E-state index in [9.17, 15) is 23.3 Å². The Kier molecular flexibility index (Phi) is 5.16. The van der Waals surface area contributed by atoms with Crippen molar-refractivity contribution >= 4 is 32.0 Å². The first-order chi connectivity index (χ1) is 14.3. The first kappa shape index (κ1) is 20.6. The summed E-state index contributed by atoms with van der Waals surface area (Å²) in [5.74, 6) is 0. The Balaban J connectivity index is 1.81. The molecule has 0 bridgehead atoms. The van der Waals surface area contributed by atoms with Crippen molar-refractivity contribution < 1.29 is 13.3 Å². The summed E-state index contributed by atoms with van der Waals surface area (Å²) in [6.45, 7) is 3.85. The van der Waals surface area contributed by atoms with E-state index in [4.69, 9.17) is 0 Å². The molecule has 12 heteroatoms. The zero-order valence-electron chi connectivity index (χ0n) is 16.3. The van der Waals surface area contributed by atoms with Gasteiger partial charge in [-0.3, -0.25) is 14.9 Å². The third kappa shape index (κ3) is 3.20. The monoisotopic (exact) mass is 449 g/mol. The molecule has 0 radical (unpaired) electrons. The Morgan fingerprint density at radius 1 is 1.33 bits per heavy atom. The van der Waals surface area contributed by atoms with Gasteiger partial charge in [-0.15, -0.1) is 0 Å². The normalized spacial score (nSPS) is 17.6. The van der Waals surface area contributed by atoms with Gasteiger partial charge < -0.3 is 0 Å². The molecule has 1 fully saturated rings. The van der Waals surface area contributed by atoms with E-state index < -0.39 is 26.7 Å². The van der Waals surface area contributed by atoms with Crippen molar-refractivity contribution in [2.45, 2.75) is 44.0 Å². The highest BCUT2D eigenvalue weighted by atomic mass is 32.2. The predicted molar refractivity (Wildman–Crippen MR) is 110 cm³/mol. The minimum Gasteiger partial charge on any atom is -0.267 e. The van der Waals surface area contributed by atoms with Crippen molar-refractivity contribution in [3.05, 3.63) is 61.0 Å².